The van der Waals surface area contributed by atoms with Crippen molar-refractivity contribution in [1.29, 1.82) is 0 Å². The van der Waals surface area contributed by atoms with Crippen LogP contribution >= 0.6 is 0 Å². The molecule has 2 fully saturated rings. The van der Waals surface area contributed by atoms with E-state index in [1.165, 1.54) is 18.5 Å². The van der Waals surface area contributed by atoms with Crippen molar-refractivity contribution in [3.05, 3.63) is 48.2 Å². The SMILES string of the molecule is O=C(c1cncc(O)c1)N1C[C@H]2COC[C@@H]1CN(Cc1ccoc1)C2. The Bertz CT molecular complexity index is 734. The third-order valence-electron chi connectivity index (χ3n) is 4.76. The molecule has 2 aliphatic heterocycles. The molecule has 1 amide bonds. The highest BCUT2D eigenvalue weighted by atomic mass is 16.5. The van der Waals surface area contributed by atoms with E-state index in [0.29, 0.717) is 25.3 Å². The van der Waals surface area contributed by atoms with E-state index in [2.05, 4.69) is 9.88 Å². The Morgan fingerprint density at radius 2 is 2.20 bits per heavy atom. The third-order valence-corrected chi connectivity index (χ3v) is 4.76. The number of carbonyl (C=O) groups excluding carboxylic acids is 1. The Morgan fingerprint density at radius 1 is 1.28 bits per heavy atom. The van der Waals surface area contributed by atoms with Gasteiger partial charge in [0.25, 0.3) is 5.91 Å². The fourth-order valence-corrected chi connectivity index (χ4v) is 3.67. The summed E-state index contributed by atoms with van der Waals surface area (Å²) in [6, 6.07) is 3.42. The molecule has 0 aromatic carbocycles. The van der Waals surface area contributed by atoms with Crippen LogP contribution in [0.2, 0.25) is 0 Å². The zero-order valence-corrected chi connectivity index (χ0v) is 13.9. The van der Waals surface area contributed by atoms with Gasteiger partial charge in [-0.2, -0.15) is 0 Å². The molecule has 2 aliphatic rings. The van der Waals surface area contributed by atoms with E-state index in [-0.39, 0.29) is 23.6 Å². The van der Waals surface area contributed by atoms with Crippen LogP contribution < -0.4 is 0 Å². The zero-order valence-electron chi connectivity index (χ0n) is 13.9. The molecule has 0 spiro atoms. The van der Waals surface area contributed by atoms with Crippen molar-refractivity contribution >= 4 is 5.91 Å². The van der Waals surface area contributed by atoms with Gasteiger partial charge in [0.05, 0.1) is 43.5 Å². The van der Waals surface area contributed by atoms with Crippen LogP contribution in [0.25, 0.3) is 0 Å². The van der Waals surface area contributed by atoms with Crippen LogP contribution in [0.3, 0.4) is 0 Å². The van der Waals surface area contributed by atoms with Gasteiger partial charge in [0.2, 0.25) is 0 Å². The Hall–Kier alpha value is -2.38. The molecule has 0 radical (unpaired) electrons. The molecule has 4 heterocycles. The highest BCUT2D eigenvalue weighted by molar-refractivity contribution is 5.94. The maximum Gasteiger partial charge on any atom is 0.255 e. The number of nitrogens with zero attached hydrogens (tertiary/aromatic N) is 3. The van der Waals surface area contributed by atoms with E-state index in [9.17, 15) is 9.90 Å². The van der Waals surface area contributed by atoms with Gasteiger partial charge < -0.3 is 19.2 Å². The normalized spacial score (nSPS) is 24.1. The summed E-state index contributed by atoms with van der Waals surface area (Å²) < 4.78 is 10.9. The first-order chi connectivity index (χ1) is 12.2. The molecule has 2 aromatic heterocycles. The van der Waals surface area contributed by atoms with E-state index in [4.69, 9.17) is 9.15 Å². The minimum absolute atomic E-state index is 0.00137. The summed E-state index contributed by atoms with van der Waals surface area (Å²) in [5.74, 6) is 0.157. The second-order valence-electron chi connectivity index (χ2n) is 6.77. The van der Waals surface area contributed by atoms with Gasteiger partial charge in [-0.25, -0.2) is 0 Å². The summed E-state index contributed by atoms with van der Waals surface area (Å²) in [6.45, 7) is 4.26. The molecular formula is C18H21N3O4. The lowest BCUT2D eigenvalue weighted by molar-refractivity contribution is 0.0423. The smallest absolute Gasteiger partial charge is 0.255 e. The van der Waals surface area contributed by atoms with Crippen LogP contribution in [-0.2, 0) is 11.3 Å². The summed E-state index contributed by atoms with van der Waals surface area (Å²) in [4.78, 5) is 21.1. The summed E-state index contributed by atoms with van der Waals surface area (Å²) in [5, 5.41) is 9.61. The number of aromatic hydroxyl groups is 1. The maximum absolute atomic E-state index is 13.0. The molecule has 0 unspecified atom stereocenters. The monoisotopic (exact) mass is 343 g/mol. The van der Waals surface area contributed by atoms with Gasteiger partial charge in [-0.15, -0.1) is 0 Å². The van der Waals surface area contributed by atoms with E-state index < -0.39 is 0 Å². The zero-order chi connectivity index (χ0) is 17.2. The van der Waals surface area contributed by atoms with Crippen molar-refractivity contribution in [2.75, 3.05) is 32.8 Å². The lowest BCUT2D eigenvalue weighted by Crippen LogP contribution is -2.46. The number of pyridine rings is 1. The van der Waals surface area contributed by atoms with Crippen molar-refractivity contribution in [1.82, 2.24) is 14.8 Å². The van der Waals surface area contributed by atoms with E-state index in [0.717, 1.165) is 25.2 Å². The molecular weight excluding hydrogens is 322 g/mol. The number of ether oxygens (including phenoxy) is 1. The lowest BCUT2D eigenvalue weighted by atomic mass is 10.1. The lowest BCUT2D eigenvalue weighted by Gasteiger charge is -2.31. The fourth-order valence-electron chi connectivity index (χ4n) is 3.67. The molecule has 25 heavy (non-hydrogen) atoms. The number of aromatic nitrogens is 1. The maximum atomic E-state index is 13.0. The number of hydrogen-bond acceptors (Lipinski definition) is 6. The molecule has 7 nitrogen and oxygen atoms in total. The quantitative estimate of drug-likeness (QED) is 0.906. The average molecular weight is 343 g/mol. The highest BCUT2D eigenvalue weighted by Crippen LogP contribution is 2.23. The number of hydrogen-bond donors (Lipinski definition) is 1. The molecule has 7 heteroatoms. The Labute approximate surface area is 145 Å². The van der Waals surface area contributed by atoms with Gasteiger partial charge in [-0.1, -0.05) is 0 Å². The van der Waals surface area contributed by atoms with Crippen molar-refractivity contribution in [3.63, 3.8) is 0 Å². The molecule has 2 atom stereocenters. The first-order valence-electron chi connectivity index (χ1n) is 8.45. The van der Waals surface area contributed by atoms with Gasteiger partial charge in [0.1, 0.15) is 5.75 Å². The van der Waals surface area contributed by atoms with Crippen molar-refractivity contribution in [2.24, 2.45) is 5.92 Å². The summed E-state index contributed by atoms with van der Waals surface area (Å²) >= 11 is 0. The first kappa shape index (κ1) is 16.1. The second kappa shape index (κ2) is 6.85. The predicted octanol–water partition coefficient (Wildman–Crippen LogP) is 1.35. The number of rotatable bonds is 3. The first-order valence-corrected chi connectivity index (χ1v) is 8.45. The topological polar surface area (TPSA) is 79.0 Å². The van der Waals surface area contributed by atoms with Crippen LogP contribution in [-0.4, -0.2) is 64.7 Å². The summed E-state index contributed by atoms with van der Waals surface area (Å²) in [5.41, 5.74) is 1.55. The minimum atomic E-state index is -0.103. The number of carbonyl (C=O) groups is 1. The fraction of sp³-hybridized carbons (Fsp3) is 0.444. The standard InChI is InChI=1S/C18H21N3O4/c22-17-3-15(4-19-5-17)18(23)21-8-14-7-20(6-13-1-2-24-10-13)9-16(21)12-25-11-14/h1-5,10,14,16,22H,6-9,11-12H2/t14-,16-/m0/s1. The van der Waals surface area contributed by atoms with Gasteiger partial charge in [-0.3, -0.25) is 14.7 Å². The Balaban J connectivity index is 1.54. The Morgan fingerprint density at radius 3 is 3.00 bits per heavy atom. The molecule has 0 aliphatic carbocycles. The molecule has 0 saturated carbocycles. The largest absolute Gasteiger partial charge is 0.506 e. The van der Waals surface area contributed by atoms with Crippen LogP contribution in [0, 0.1) is 5.92 Å². The van der Waals surface area contributed by atoms with Crippen LogP contribution in [0.4, 0.5) is 0 Å². The van der Waals surface area contributed by atoms with Gasteiger partial charge in [0, 0.05) is 43.9 Å². The number of amides is 1. The van der Waals surface area contributed by atoms with Crippen LogP contribution in [0.1, 0.15) is 15.9 Å². The van der Waals surface area contributed by atoms with Gasteiger partial charge in [0.15, 0.2) is 0 Å². The third kappa shape index (κ3) is 3.52. The Kier molecular flexibility index (Phi) is 4.42. The molecule has 2 saturated heterocycles. The van der Waals surface area contributed by atoms with E-state index in [1.807, 2.05) is 11.0 Å². The predicted molar refractivity (Wildman–Crippen MR) is 89.0 cm³/mol. The van der Waals surface area contributed by atoms with Gasteiger partial charge >= 0.3 is 0 Å². The summed E-state index contributed by atoms with van der Waals surface area (Å²) in [7, 11) is 0. The summed E-state index contributed by atoms with van der Waals surface area (Å²) in [6.07, 6.45) is 6.27. The highest BCUT2D eigenvalue weighted by Gasteiger charge is 2.36. The van der Waals surface area contributed by atoms with Crippen LogP contribution in [0.15, 0.2) is 41.5 Å². The number of furan rings is 1. The molecule has 132 valence electrons. The van der Waals surface area contributed by atoms with E-state index in [1.54, 1.807) is 12.5 Å². The van der Waals surface area contributed by atoms with Crippen molar-refractivity contribution in [2.45, 2.75) is 12.6 Å². The molecule has 2 bridgehead atoms. The van der Waals surface area contributed by atoms with Gasteiger partial charge in [-0.05, 0) is 12.1 Å². The second-order valence-corrected chi connectivity index (χ2v) is 6.77. The average Bonchev–Trinajstić information content (AvgIpc) is 2.93. The molecule has 2 aromatic rings. The van der Waals surface area contributed by atoms with Crippen molar-refractivity contribution in [3.8, 4) is 5.75 Å². The minimum Gasteiger partial charge on any atom is -0.506 e. The van der Waals surface area contributed by atoms with E-state index >= 15 is 0 Å². The molecule has 1 N–H and O–H groups in total. The number of fused-ring (bicyclic) bond motifs is 3. The van der Waals surface area contributed by atoms with Crippen LogP contribution in [0.5, 0.6) is 5.75 Å². The van der Waals surface area contributed by atoms with Crippen molar-refractivity contribution < 1.29 is 19.1 Å². The molecule has 4 rings (SSSR count).